The molecule has 0 aliphatic rings. The van der Waals surface area contributed by atoms with Crippen molar-refractivity contribution < 1.29 is 0 Å². The number of hydrogen-bond acceptors (Lipinski definition) is 6. The van der Waals surface area contributed by atoms with Crippen LogP contribution in [0.4, 0.5) is 10.9 Å². The zero-order chi connectivity index (χ0) is 13.4. The number of halogens is 1. The molecule has 0 saturated carbocycles. The van der Waals surface area contributed by atoms with Gasteiger partial charge in [0.1, 0.15) is 16.5 Å². The number of nitrogens with two attached hydrogens (primary N) is 1. The Morgan fingerprint density at radius 1 is 1.47 bits per heavy atom. The molecule has 8 heteroatoms. The van der Waals surface area contributed by atoms with Crippen LogP contribution < -0.4 is 11.1 Å². The van der Waals surface area contributed by atoms with E-state index in [4.69, 9.17) is 17.3 Å². The summed E-state index contributed by atoms with van der Waals surface area (Å²) in [6.45, 7) is 1.97. The van der Waals surface area contributed by atoms with Crippen LogP contribution in [0, 0.1) is 0 Å². The molecule has 1 atom stereocenters. The zero-order valence-corrected chi connectivity index (χ0v) is 11.6. The summed E-state index contributed by atoms with van der Waals surface area (Å²) in [6, 6.07) is 3.65. The van der Waals surface area contributed by atoms with E-state index in [1.165, 1.54) is 11.3 Å². The zero-order valence-electron chi connectivity index (χ0n) is 10.0. The van der Waals surface area contributed by atoms with Crippen LogP contribution in [-0.4, -0.2) is 20.2 Å². The van der Waals surface area contributed by atoms with Crippen molar-refractivity contribution in [3.63, 3.8) is 0 Å². The van der Waals surface area contributed by atoms with Crippen LogP contribution in [0.15, 0.2) is 18.3 Å². The van der Waals surface area contributed by atoms with E-state index in [2.05, 4.69) is 25.5 Å². The molecule has 3 aromatic heterocycles. The molecule has 6 nitrogen and oxygen atoms in total. The van der Waals surface area contributed by atoms with E-state index in [1.807, 2.05) is 19.2 Å². The van der Waals surface area contributed by atoms with Gasteiger partial charge in [-0.15, -0.1) is 10.2 Å². The second kappa shape index (κ2) is 4.67. The van der Waals surface area contributed by atoms with Crippen LogP contribution >= 0.6 is 22.9 Å². The summed E-state index contributed by atoms with van der Waals surface area (Å²) in [4.78, 5) is 7.48. The van der Waals surface area contributed by atoms with Crippen LogP contribution in [0.5, 0.6) is 0 Å². The SMILES string of the molecule is C[C@@H](Nc1cc(Cl)c2cc[nH]c2n1)c1nnc(N)s1. The highest BCUT2D eigenvalue weighted by Gasteiger charge is 2.13. The molecule has 0 aliphatic carbocycles. The molecule has 0 fully saturated rings. The number of pyridine rings is 1. The number of hydrogen-bond donors (Lipinski definition) is 3. The molecular weight excluding hydrogens is 284 g/mol. The third-order valence-corrected chi connectivity index (χ3v) is 3.92. The highest BCUT2D eigenvalue weighted by atomic mass is 35.5. The van der Waals surface area contributed by atoms with Gasteiger partial charge in [-0.3, -0.25) is 0 Å². The first-order valence-corrected chi connectivity index (χ1v) is 6.82. The molecule has 0 radical (unpaired) electrons. The summed E-state index contributed by atoms with van der Waals surface area (Å²) in [6.07, 6.45) is 1.81. The Hall–Kier alpha value is -1.86. The predicted octanol–water partition coefficient (Wildman–Crippen LogP) is 2.82. The van der Waals surface area contributed by atoms with Crippen molar-refractivity contribution in [3.05, 3.63) is 28.4 Å². The summed E-state index contributed by atoms with van der Waals surface area (Å²) < 4.78 is 0. The second-order valence-electron chi connectivity index (χ2n) is 4.07. The summed E-state index contributed by atoms with van der Waals surface area (Å²) >= 11 is 7.54. The quantitative estimate of drug-likeness (QED) is 0.691. The number of nitrogen functional groups attached to an aromatic ring is 1. The number of H-pyrrole nitrogens is 1. The third-order valence-electron chi connectivity index (χ3n) is 2.67. The Bertz CT molecular complexity index is 721. The standard InChI is InChI=1S/C11H11ClN6S/c1-5(10-17-18-11(13)19-10)15-8-4-7(12)6-2-3-14-9(6)16-8/h2-5H,1H3,(H2,13,18)(H2,14,15,16)/t5-/m1/s1. The average molecular weight is 295 g/mol. The molecule has 3 rings (SSSR count). The van der Waals surface area contributed by atoms with Crippen molar-refractivity contribution in [3.8, 4) is 0 Å². The molecule has 0 aliphatic heterocycles. The summed E-state index contributed by atoms with van der Waals surface area (Å²) in [7, 11) is 0. The molecular formula is C11H11ClN6S. The van der Waals surface area contributed by atoms with Crippen LogP contribution in [0.2, 0.25) is 5.02 Å². The maximum atomic E-state index is 6.19. The number of anilines is 2. The van der Waals surface area contributed by atoms with Crippen molar-refractivity contribution in [1.82, 2.24) is 20.2 Å². The van der Waals surface area contributed by atoms with Gasteiger partial charge < -0.3 is 16.0 Å². The first kappa shape index (κ1) is 12.2. The van der Waals surface area contributed by atoms with Gasteiger partial charge >= 0.3 is 0 Å². The summed E-state index contributed by atoms with van der Waals surface area (Å²) in [5.41, 5.74) is 6.32. The number of aromatic amines is 1. The molecule has 0 unspecified atom stereocenters. The average Bonchev–Trinajstić information content (AvgIpc) is 2.97. The smallest absolute Gasteiger partial charge is 0.203 e. The topological polar surface area (TPSA) is 92.5 Å². The van der Waals surface area contributed by atoms with Crippen molar-refractivity contribution in [2.75, 3.05) is 11.1 Å². The Morgan fingerprint density at radius 3 is 3.05 bits per heavy atom. The van der Waals surface area contributed by atoms with Crippen molar-refractivity contribution >= 4 is 44.9 Å². The molecule has 3 aromatic rings. The minimum Gasteiger partial charge on any atom is -0.374 e. The van der Waals surface area contributed by atoms with Gasteiger partial charge in [0, 0.05) is 11.6 Å². The van der Waals surface area contributed by atoms with E-state index in [-0.39, 0.29) is 6.04 Å². The number of fused-ring (bicyclic) bond motifs is 1. The maximum absolute atomic E-state index is 6.19. The van der Waals surface area contributed by atoms with E-state index < -0.39 is 0 Å². The number of aromatic nitrogens is 4. The first-order valence-electron chi connectivity index (χ1n) is 5.62. The van der Waals surface area contributed by atoms with Gasteiger partial charge in [-0.05, 0) is 19.1 Å². The van der Waals surface area contributed by atoms with Crippen LogP contribution in [0.25, 0.3) is 11.0 Å². The largest absolute Gasteiger partial charge is 0.374 e. The van der Waals surface area contributed by atoms with Crippen LogP contribution in [-0.2, 0) is 0 Å². The van der Waals surface area contributed by atoms with Gasteiger partial charge in [0.15, 0.2) is 0 Å². The Labute approximate surface area is 118 Å². The van der Waals surface area contributed by atoms with Crippen LogP contribution in [0.1, 0.15) is 18.0 Å². The molecule has 0 aromatic carbocycles. The summed E-state index contributed by atoms with van der Waals surface area (Å²) in [5, 5.41) is 13.8. The Morgan fingerprint density at radius 2 is 2.32 bits per heavy atom. The summed E-state index contributed by atoms with van der Waals surface area (Å²) in [5.74, 6) is 0.682. The molecule has 98 valence electrons. The first-order chi connectivity index (χ1) is 9.13. The Kier molecular flexibility index (Phi) is 3.00. The highest BCUT2D eigenvalue weighted by Crippen LogP contribution is 2.27. The third kappa shape index (κ3) is 2.34. The van der Waals surface area contributed by atoms with Gasteiger partial charge in [-0.25, -0.2) is 4.98 Å². The lowest BCUT2D eigenvalue weighted by atomic mass is 10.3. The van der Waals surface area contributed by atoms with E-state index in [1.54, 1.807) is 6.07 Å². The normalized spacial score (nSPS) is 12.7. The maximum Gasteiger partial charge on any atom is 0.203 e. The molecule has 0 spiro atoms. The molecule has 19 heavy (non-hydrogen) atoms. The lowest BCUT2D eigenvalue weighted by Crippen LogP contribution is -2.07. The van der Waals surface area contributed by atoms with Crippen LogP contribution in [0.3, 0.4) is 0 Å². The molecule has 0 bridgehead atoms. The lowest BCUT2D eigenvalue weighted by Gasteiger charge is -2.11. The minimum atomic E-state index is -0.0363. The molecule has 3 heterocycles. The Balaban J connectivity index is 1.88. The van der Waals surface area contributed by atoms with Gasteiger partial charge in [0.25, 0.3) is 0 Å². The monoisotopic (exact) mass is 294 g/mol. The number of nitrogens with one attached hydrogen (secondary N) is 2. The fraction of sp³-hybridized carbons (Fsp3) is 0.182. The molecule has 0 saturated heterocycles. The van der Waals surface area contributed by atoms with Crippen molar-refractivity contribution in [1.29, 1.82) is 0 Å². The second-order valence-corrected chi connectivity index (χ2v) is 5.52. The van der Waals surface area contributed by atoms with Gasteiger partial charge in [0.05, 0.1) is 11.1 Å². The van der Waals surface area contributed by atoms with Gasteiger partial charge in [-0.1, -0.05) is 22.9 Å². The fourth-order valence-corrected chi connectivity index (χ4v) is 2.64. The van der Waals surface area contributed by atoms with E-state index in [0.29, 0.717) is 16.0 Å². The van der Waals surface area contributed by atoms with E-state index >= 15 is 0 Å². The minimum absolute atomic E-state index is 0.0363. The molecule has 4 N–H and O–H groups in total. The number of nitrogens with zero attached hydrogens (tertiary/aromatic N) is 3. The van der Waals surface area contributed by atoms with Gasteiger partial charge in [0.2, 0.25) is 5.13 Å². The van der Waals surface area contributed by atoms with Crippen molar-refractivity contribution in [2.24, 2.45) is 0 Å². The lowest BCUT2D eigenvalue weighted by molar-refractivity contribution is 0.835. The molecule has 0 amide bonds. The van der Waals surface area contributed by atoms with Crippen molar-refractivity contribution in [2.45, 2.75) is 13.0 Å². The van der Waals surface area contributed by atoms with Gasteiger partial charge in [-0.2, -0.15) is 0 Å². The fourth-order valence-electron chi connectivity index (χ4n) is 1.78. The van der Waals surface area contributed by atoms with E-state index in [0.717, 1.165) is 16.0 Å². The van der Waals surface area contributed by atoms with E-state index in [9.17, 15) is 0 Å². The number of rotatable bonds is 3. The highest BCUT2D eigenvalue weighted by molar-refractivity contribution is 7.15. The predicted molar refractivity (Wildman–Crippen MR) is 77.5 cm³/mol.